The lowest BCUT2D eigenvalue weighted by atomic mass is 10.00. The van der Waals surface area contributed by atoms with Crippen LogP contribution in [0.5, 0.6) is 0 Å². The number of hydrogen-bond acceptors (Lipinski definition) is 3. The lowest BCUT2D eigenvalue weighted by molar-refractivity contribution is 0.669. The van der Waals surface area contributed by atoms with E-state index in [1.807, 2.05) is 12.1 Å². The fraction of sp³-hybridized carbons (Fsp3) is 0. The monoisotopic (exact) mass is 601 g/mol. The fourth-order valence-corrected chi connectivity index (χ4v) is 7.20. The van der Waals surface area contributed by atoms with E-state index in [1.54, 1.807) is 0 Å². The summed E-state index contributed by atoms with van der Waals surface area (Å²) in [4.78, 5) is 2.32. The molecule has 2 heterocycles. The number of benzene rings is 8. The molecule has 0 atom stereocenters. The number of fused-ring (bicyclic) bond motifs is 10. The van der Waals surface area contributed by atoms with Gasteiger partial charge in [-0.2, -0.15) is 0 Å². The molecule has 220 valence electrons. The highest BCUT2D eigenvalue weighted by Crippen LogP contribution is 2.41. The first-order valence-electron chi connectivity index (χ1n) is 15.9. The second-order valence-electron chi connectivity index (χ2n) is 12.1. The van der Waals surface area contributed by atoms with Crippen LogP contribution in [0.1, 0.15) is 0 Å². The summed E-state index contributed by atoms with van der Waals surface area (Å²) >= 11 is 0. The molecule has 0 amide bonds. The van der Waals surface area contributed by atoms with E-state index in [2.05, 4.69) is 157 Å². The molecule has 0 aliphatic carbocycles. The summed E-state index contributed by atoms with van der Waals surface area (Å²) in [7, 11) is 0. The molecule has 10 rings (SSSR count). The average molecular weight is 602 g/mol. The molecule has 3 heteroatoms. The van der Waals surface area contributed by atoms with E-state index in [4.69, 9.17) is 8.83 Å². The maximum absolute atomic E-state index is 6.44. The largest absolute Gasteiger partial charge is 0.456 e. The van der Waals surface area contributed by atoms with E-state index in [0.717, 1.165) is 77.5 Å². The molecule has 0 unspecified atom stereocenters. The van der Waals surface area contributed by atoms with E-state index in [9.17, 15) is 0 Å². The number of para-hydroxylation sites is 2. The first kappa shape index (κ1) is 26.0. The van der Waals surface area contributed by atoms with Crippen molar-refractivity contribution < 1.29 is 8.83 Å². The van der Waals surface area contributed by atoms with E-state index in [1.165, 1.54) is 16.2 Å². The van der Waals surface area contributed by atoms with Crippen molar-refractivity contribution in [1.29, 1.82) is 0 Å². The van der Waals surface area contributed by atoms with Crippen LogP contribution in [0.4, 0.5) is 17.1 Å². The third-order valence-electron chi connectivity index (χ3n) is 9.42. The molecule has 0 bridgehead atoms. The Hall–Kier alpha value is -6.32. The molecule has 0 saturated heterocycles. The number of rotatable bonds is 4. The van der Waals surface area contributed by atoms with Crippen LogP contribution < -0.4 is 4.90 Å². The molecule has 8 aromatic carbocycles. The quantitative estimate of drug-likeness (QED) is 0.201. The van der Waals surface area contributed by atoms with E-state index in [-0.39, 0.29) is 0 Å². The minimum Gasteiger partial charge on any atom is -0.456 e. The van der Waals surface area contributed by atoms with Gasteiger partial charge < -0.3 is 13.7 Å². The summed E-state index contributed by atoms with van der Waals surface area (Å²) in [6.07, 6.45) is 0. The average Bonchev–Trinajstić information content (AvgIpc) is 3.71. The molecule has 3 nitrogen and oxygen atoms in total. The van der Waals surface area contributed by atoms with Crippen molar-refractivity contribution in [2.24, 2.45) is 0 Å². The van der Waals surface area contributed by atoms with Crippen LogP contribution >= 0.6 is 0 Å². The van der Waals surface area contributed by atoms with Crippen molar-refractivity contribution in [3.8, 4) is 11.1 Å². The van der Waals surface area contributed by atoms with Crippen LogP contribution in [0.25, 0.3) is 76.5 Å². The lowest BCUT2D eigenvalue weighted by Crippen LogP contribution is -2.09. The molecule has 0 N–H and O–H groups in total. The summed E-state index contributed by atoms with van der Waals surface area (Å²) in [5.74, 6) is 0. The SMILES string of the molecule is c1ccc(N(c2cccc(-c3ccc4c(c3)oc3ccc5ccccc5c34)c2)c2ccc3ccc4c5ccccc5oc4c3c2)cc1. The minimum atomic E-state index is 0.892. The predicted octanol–water partition coefficient (Wildman–Crippen LogP) is 12.9. The molecular weight excluding hydrogens is 574 g/mol. The van der Waals surface area contributed by atoms with Gasteiger partial charge in [0.1, 0.15) is 22.3 Å². The van der Waals surface area contributed by atoms with Gasteiger partial charge >= 0.3 is 0 Å². The topological polar surface area (TPSA) is 29.5 Å². The minimum absolute atomic E-state index is 0.892. The Morgan fingerprint density at radius 2 is 1.04 bits per heavy atom. The Labute approximate surface area is 270 Å². The van der Waals surface area contributed by atoms with Gasteiger partial charge in [0.15, 0.2) is 0 Å². The van der Waals surface area contributed by atoms with E-state index in [0.29, 0.717) is 0 Å². The second kappa shape index (κ2) is 10.1. The number of anilines is 3. The lowest BCUT2D eigenvalue weighted by Gasteiger charge is -2.26. The summed E-state index contributed by atoms with van der Waals surface area (Å²) in [5.41, 5.74) is 9.07. The van der Waals surface area contributed by atoms with Crippen molar-refractivity contribution in [2.75, 3.05) is 4.90 Å². The first-order chi connectivity index (χ1) is 23.3. The Morgan fingerprint density at radius 3 is 1.98 bits per heavy atom. The molecule has 0 aliphatic heterocycles. The molecular formula is C44H27NO2. The Bertz CT molecular complexity index is 2810. The highest BCUT2D eigenvalue weighted by Gasteiger charge is 2.17. The van der Waals surface area contributed by atoms with Gasteiger partial charge in [-0.25, -0.2) is 0 Å². The van der Waals surface area contributed by atoms with Crippen molar-refractivity contribution in [1.82, 2.24) is 0 Å². The maximum atomic E-state index is 6.44. The predicted molar refractivity (Wildman–Crippen MR) is 196 cm³/mol. The van der Waals surface area contributed by atoms with Crippen LogP contribution in [0, 0.1) is 0 Å². The Kier molecular flexibility index (Phi) is 5.57. The summed E-state index contributed by atoms with van der Waals surface area (Å²) in [6.45, 7) is 0. The van der Waals surface area contributed by atoms with Crippen molar-refractivity contribution in [2.45, 2.75) is 0 Å². The highest BCUT2D eigenvalue weighted by molar-refractivity contribution is 6.19. The van der Waals surface area contributed by atoms with Crippen LogP contribution in [0.2, 0.25) is 0 Å². The maximum Gasteiger partial charge on any atom is 0.143 e. The molecule has 10 aromatic rings. The van der Waals surface area contributed by atoms with Crippen LogP contribution in [0.3, 0.4) is 0 Å². The molecule has 0 aliphatic rings. The van der Waals surface area contributed by atoms with Gasteiger partial charge in [-0.05, 0) is 94.0 Å². The van der Waals surface area contributed by atoms with Crippen molar-refractivity contribution in [3.05, 3.63) is 164 Å². The normalized spacial score (nSPS) is 11.8. The fourth-order valence-electron chi connectivity index (χ4n) is 7.20. The van der Waals surface area contributed by atoms with Crippen molar-refractivity contribution in [3.63, 3.8) is 0 Å². The summed E-state index contributed by atoms with van der Waals surface area (Å²) < 4.78 is 12.9. The highest BCUT2D eigenvalue weighted by atomic mass is 16.3. The number of furan rings is 2. The molecule has 2 aromatic heterocycles. The standard InChI is InChI=1S/C44H27NO2/c1-2-11-32(12-3-1)45(34-21-17-29-18-22-37-36-15-6-7-16-40(36)47-44(37)39(29)27-34)33-13-8-10-30(25-33)31-19-23-38-42(26-31)46-41-24-20-28-9-4-5-14-35(28)43(38)41/h1-27H. The van der Waals surface area contributed by atoms with Gasteiger partial charge in [0.05, 0.1) is 0 Å². The summed E-state index contributed by atoms with van der Waals surface area (Å²) in [6, 6.07) is 57.8. The van der Waals surface area contributed by atoms with Gasteiger partial charge in [-0.15, -0.1) is 0 Å². The third-order valence-corrected chi connectivity index (χ3v) is 9.42. The van der Waals surface area contributed by atoms with E-state index < -0.39 is 0 Å². The number of hydrogen-bond donors (Lipinski definition) is 0. The van der Waals surface area contributed by atoms with Crippen LogP contribution in [0.15, 0.2) is 173 Å². The Balaban J connectivity index is 1.13. The third kappa shape index (κ3) is 4.07. The summed E-state index contributed by atoms with van der Waals surface area (Å²) in [5, 5.41) is 9.25. The zero-order chi connectivity index (χ0) is 30.9. The second-order valence-corrected chi connectivity index (χ2v) is 12.1. The van der Waals surface area contributed by atoms with Crippen LogP contribution in [-0.2, 0) is 0 Å². The van der Waals surface area contributed by atoms with Gasteiger partial charge in [-0.1, -0.05) is 97.1 Å². The van der Waals surface area contributed by atoms with Gasteiger partial charge in [0.2, 0.25) is 0 Å². The smallest absolute Gasteiger partial charge is 0.143 e. The van der Waals surface area contributed by atoms with Gasteiger partial charge in [0.25, 0.3) is 0 Å². The van der Waals surface area contributed by atoms with Crippen LogP contribution in [-0.4, -0.2) is 0 Å². The first-order valence-corrected chi connectivity index (χ1v) is 15.9. The molecule has 47 heavy (non-hydrogen) atoms. The molecule has 0 spiro atoms. The molecule has 0 fully saturated rings. The zero-order valence-corrected chi connectivity index (χ0v) is 25.4. The Morgan fingerprint density at radius 1 is 0.340 bits per heavy atom. The van der Waals surface area contributed by atoms with Crippen molar-refractivity contribution >= 4 is 82.5 Å². The number of nitrogens with zero attached hydrogens (tertiary/aromatic N) is 1. The van der Waals surface area contributed by atoms with Gasteiger partial charge in [0, 0.05) is 44.0 Å². The molecule has 0 saturated carbocycles. The van der Waals surface area contributed by atoms with Gasteiger partial charge in [-0.3, -0.25) is 0 Å². The zero-order valence-electron chi connectivity index (χ0n) is 25.4. The van der Waals surface area contributed by atoms with E-state index >= 15 is 0 Å². The molecule has 0 radical (unpaired) electrons.